The molecule has 1 saturated heterocycles. The highest BCUT2D eigenvalue weighted by atomic mass is 16.2. The van der Waals surface area contributed by atoms with Crippen molar-refractivity contribution in [2.75, 3.05) is 0 Å². The SMILES string of the molecule is O=C1NC(=O)N([C@@H]2C[C@H]3CC[C@H]2C3)C(=O)[C@H]1C=Nc1ccncc1. The number of hydrogen-bond acceptors (Lipinski definition) is 5. The second-order valence-corrected chi connectivity index (χ2v) is 6.71. The number of carbonyl (C=O) groups excluding carboxylic acids is 3. The van der Waals surface area contributed by atoms with Crippen molar-refractivity contribution in [3.8, 4) is 0 Å². The number of nitrogens with zero attached hydrogens (tertiary/aromatic N) is 3. The third-order valence-electron chi connectivity index (χ3n) is 5.30. The molecule has 1 aromatic heterocycles. The molecular formula is C17H18N4O3. The van der Waals surface area contributed by atoms with Crippen LogP contribution in [0.15, 0.2) is 29.5 Å². The second-order valence-electron chi connectivity index (χ2n) is 6.71. The first-order valence-electron chi connectivity index (χ1n) is 8.25. The summed E-state index contributed by atoms with van der Waals surface area (Å²) in [7, 11) is 0. The molecule has 1 aromatic rings. The lowest BCUT2D eigenvalue weighted by Gasteiger charge is -2.36. The summed E-state index contributed by atoms with van der Waals surface area (Å²) in [4.78, 5) is 46.4. The Bertz CT molecular complexity index is 718. The molecule has 4 rings (SSSR count). The highest BCUT2D eigenvalue weighted by molar-refractivity contribution is 6.23. The quantitative estimate of drug-likeness (QED) is 0.675. The van der Waals surface area contributed by atoms with Crippen molar-refractivity contribution >= 4 is 29.7 Å². The minimum Gasteiger partial charge on any atom is -0.277 e. The van der Waals surface area contributed by atoms with Crippen LogP contribution in [0.2, 0.25) is 0 Å². The average Bonchev–Trinajstić information content (AvgIpc) is 3.18. The van der Waals surface area contributed by atoms with Crippen molar-refractivity contribution in [2.45, 2.75) is 31.7 Å². The number of aliphatic imine (C=N–C) groups is 1. The van der Waals surface area contributed by atoms with E-state index in [-0.39, 0.29) is 6.04 Å². The van der Waals surface area contributed by atoms with Crippen LogP contribution in [-0.4, -0.2) is 40.0 Å². The van der Waals surface area contributed by atoms with E-state index in [9.17, 15) is 14.4 Å². The lowest BCUT2D eigenvalue weighted by atomic mass is 9.92. The molecule has 7 heteroatoms. The highest BCUT2D eigenvalue weighted by Gasteiger charge is 2.50. The second kappa shape index (κ2) is 5.81. The largest absolute Gasteiger partial charge is 0.331 e. The van der Waals surface area contributed by atoms with Crippen LogP contribution in [0.1, 0.15) is 25.7 Å². The molecular weight excluding hydrogens is 308 g/mol. The fourth-order valence-corrected chi connectivity index (χ4v) is 4.17. The number of barbiturate groups is 1. The van der Waals surface area contributed by atoms with Gasteiger partial charge in [0, 0.05) is 24.7 Å². The summed E-state index contributed by atoms with van der Waals surface area (Å²) < 4.78 is 0. The molecule has 2 bridgehead atoms. The molecule has 1 N–H and O–H groups in total. The summed E-state index contributed by atoms with van der Waals surface area (Å²) in [6.45, 7) is 0. The molecule has 4 amide bonds. The Morgan fingerprint density at radius 3 is 2.62 bits per heavy atom. The van der Waals surface area contributed by atoms with Crippen LogP contribution in [0.5, 0.6) is 0 Å². The third-order valence-corrected chi connectivity index (χ3v) is 5.30. The average molecular weight is 326 g/mol. The molecule has 0 unspecified atom stereocenters. The van der Waals surface area contributed by atoms with Gasteiger partial charge in [0.2, 0.25) is 11.8 Å². The van der Waals surface area contributed by atoms with Crippen LogP contribution < -0.4 is 5.32 Å². The summed E-state index contributed by atoms with van der Waals surface area (Å²) in [5.41, 5.74) is 0.606. The lowest BCUT2D eigenvalue weighted by molar-refractivity contribution is -0.141. The summed E-state index contributed by atoms with van der Waals surface area (Å²) in [5.74, 6) is -1.16. The first kappa shape index (κ1) is 15.0. The molecule has 3 aliphatic rings. The molecule has 2 aliphatic carbocycles. The Labute approximate surface area is 139 Å². The molecule has 124 valence electrons. The molecule has 0 radical (unpaired) electrons. The number of aromatic nitrogens is 1. The Hall–Kier alpha value is -2.57. The van der Waals surface area contributed by atoms with Gasteiger partial charge in [0.05, 0.1) is 5.69 Å². The number of fused-ring (bicyclic) bond motifs is 2. The number of hydrogen-bond donors (Lipinski definition) is 1. The number of carbonyl (C=O) groups is 3. The number of pyridine rings is 1. The van der Waals surface area contributed by atoms with Crippen LogP contribution >= 0.6 is 0 Å². The third kappa shape index (κ3) is 2.50. The van der Waals surface area contributed by atoms with Gasteiger partial charge in [-0.05, 0) is 43.2 Å². The molecule has 4 atom stereocenters. The monoisotopic (exact) mass is 326 g/mol. The summed E-state index contributed by atoms with van der Waals surface area (Å²) >= 11 is 0. The maximum absolute atomic E-state index is 12.8. The standard InChI is InChI=1S/C17H18N4O3/c22-15-13(9-19-12-3-5-18-6-4-12)16(23)21(17(24)20-15)14-8-10-1-2-11(14)7-10/h3-6,9-11,13-14H,1-2,7-8H2,(H,20,22,24)/t10-,11-,13-,14+/m0/s1. The maximum atomic E-state index is 12.8. The zero-order chi connectivity index (χ0) is 16.7. The van der Waals surface area contributed by atoms with E-state index in [2.05, 4.69) is 15.3 Å². The van der Waals surface area contributed by atoms with Gasteiger partial charge in [-0.25, -0.2) is 4.79 Å². The Kier molecular flexibility index (Phi) is 3.63. The van der Waals surface area contributed by atoms with Gasteiger partial charge < -0.3 is 0 Å². The zero-order valence-corrected chi connectivity index (χ0v) is 13.1. The van der Waals surface area contributed by atoms with Crippen LogP contribution in [-0.2, 0) is 9.59 Å². The van der Waals surface area contributed by atoms with E-state index >= 15 is 0 Å². The minimum atomic E-state index is -1.06. The first-order chi connectivity index (χ1) is 11.6. The summed E-state index contributed by atoms with van der Waals surface area (Å²) in [6.07, 6.45) is 8.64. The van der Waals surface area contributed by atoms with Gasteiger partial charge in [0.1, 0.15) is 0 Å². The molecule has 7 nitrogen and oxygen atoms in total. The van der Waals surface area contributed by atoms with Gasteiger partial charge in [-0.1, -0.05) is 6.42 Å². The van der Waals surface area contributed by atoms with Crippen molar-refractivity contribution in [1.29, 1.82) is 0 Å². The summed E-state index contributed by atoms with van der Waals surface area (Å²) in [5, 5.41) is 2.31. The number of amides is 4. The van der Waals surface area contributed by atoms with Crippen LogP contribution in [0.25, 0.3) is 0 Å². The fraction of sp³-hybridized carbons (Fsp3) is 0.471. The molecule has 1 aliphatic heterocycles. The van der Waals surface area contributed by atoms with E-state index in [0.717, 1.165) is 19.3 Å². The van der Waals surface area contributed by atoms with E-state index in [1.54, 1.807) is 24.5 Å². The van der Waals surface area contributed by atoms with Gasteiger partial charge in [0.15, 0.2) is 5.92 Å². The normalized spacial score (nSPS) is 32.7. The number of urea groups is 1. The topological polar surface area (TPSA) is 91.7 Å². The molecule has 0 spiro atoms. The van der Waals surface area contributed by atoms with Gasteiger partial charge >= 0.3 is 6.03 Å². The molecule has 24 heavy (non-hydrogen) atoms. The Morgan fingerprint density at radius 2 is 1.96 bits per heavy atom. The number of rotatable bonds is 3. The minimum absolute atomic E-state index is 0.0822. The molecule has 3 fully saturated rings. The number of nitrogens with one attached hydrogen (secondary N) is 1. The Balaban J connectivity index is 1.56. The predicted molar refractivity (Wildman–Crippen MR) is 85.5 cm³/mol. The van der Waals surface area contributed by atoms with Gasteiger partial charge in [0.25, 0.3) is 0 Å². The highest BCUT2D eigenvalue weighted by Crippen LogP contribution is 2.47. The first-order valence-corrected chi connectivity index (χ1v) is 8.25. The maximum Gasteiger partial charge on any atom is 0.331 e. The van der Waals surface area contributed by atoms with Crippen LogP contribution in [0, 0.1) is 17.8 Å². The van der Waals surface area contributed by atoms with Gasteiger partial charge in [-0.15, -0.1) is 0 Å². The van der Waals surface area contributed by atoms with Crippen molar-refractivity contribution in [3.63, 3.8) is 0 Å². The van der Waals surface area contributed by atoms with Crippen molar-refractivity contribution in [1.82, 2.24) is 15.2 Å². The van der Waals surface area contributed by atoms with E-state index in [1.165, 1.54) is 17.5 Å². The molecule has 0 aromatic carbocycles. The molecule has 2 saturated carbocycles. The van der Waals surface area contributed by atoms with E-state index in [4.69, 9.17) is 0 Å². The molecule has 2 heterocycles. The summed E-state index contributed by atoms with van der Waals surface area (Å²) in [6, 6.07) is 2.69. The van der Waals surface area contributed by atoms with Crippen molar-refractivity contribution < 1.29 is 14.4 Å². The van der Waals surface area contributed by atoms with Crippen LogP contribution in [0.4, 0.5) is 10.5 Å². The van der Waals surface area contributed by atoms with Crippen LogP contribution in [0.3, 0.4) is 0 Å². The van der Waals surface area contributed by atoms with Crippen molar-refractivity contribution in [2.24, 2.45) is 22.7 Å². The Morgan fingerprint density at radius 1 is 1.17 bits per heavy atom. The smallest absolute Gasteiger partial charge is 0.277 e. The van der Waals surface area contributed by atoms with Gasteiger partial charge in [-0.3, -0.25) is 29.8 Å². The zero-order valence-electron chi connectivity index (χ0n) is 13.1. The number of imide groups is 2. The lowest BCUT2D eigenvalue weighted by Crippen LogP contribution is -2.62. The van der Waals surface area contributed by atoms with E-state index in [0.29, 0.717) is 17.5 Å². The fourth-order valence-electron chi connectivity index (χ4n) is 4.17. The van der Waals surface area contributed by atoms with E-state index in [1.807, 2.05) is 0 Å². The van der Waals surface area contributed by atoms with Gasteiger partial charge in [-0.2, -0.15) is 0 Å². The van der Waals surface area contributed by atoms with Crippen molar-refractivity contribution in [3.05, 3.63) is 24.5 Å². The van der Waals surface area contributed by atoms with E-state index < -0.39 is 23.8 Å². The predicted octanol–water partition coefficient (Wildman–Crippen LogP) is 1.67.